The highest BCUT2D eigenvalue weighted by Gasteiger charge is 2.22. The molecule has 0 heterocycles. The SMILES string of the molecule is Cc1cccc(/C=C(\NC(=O)c2ccccc2)C(=O)Nc2ccc(SC(C(=O)Nc3ccc(F)cc3)c3ccccc3)cc2)c1. The molecule has 8 heteroatoms. The number of anilines is 2. The maximum absolute atomic E-state index is 13.4. The number of hydrogen-bond acceptors (Lipinski definition) is 4. The fourth-order valence-electron chi connectivity index (χ4n) is 4.46. The van der Waals surface area contributed by atoms with E-state index < -0.39 is 17.1 Å². The average Bonchev–Trinajstić information content (AvgIpc) is 3.06. The monoisotopic (exact) mass is 615 g/mol. The zero-order valence-corrected chi connectivity index (χ0v) is 25.2. The molecule has 0 aliphatic rings. The molecule has 3 amide bonds. The molecule has 6 nitrogen and oxygen atoms in total. The molecule has 0 saturated carbocycles. The molecule has 0 aliphatic carbocycles. The van der Waals surface area contributed by atoms with Crippen molar-refractivity contribution in [3.8, 4) is 0 Å². The lowest BCUT2D eigenvalue weighted by atomic mass is 10.1. The molecule has 5 aromatic carbocycles. The number of carbonyl (C=O) groups is 3. The van der Waals surface area contributed by atoms with Gasteiger partial charge in [-0.1, -0.05) is 78.4 Å². The molecule has 45 heavy (non-hydrogen) atoms. The van der Waals surface area contributed by atoms with Crippen molar-refractivity contribution in [1.82, 2.24) is 5.32 Å². The van der Waals surface area contributed by atoms with Gasteiger partial charge in [-0.3, -0.25) is 14.4 Å². The highest BCUT2D eigenvalue weighted by molar-refractivity contribution is 8.00. The summed E-state index contributed by atoms with van der Waals surface area (Å²) in [7, 11) is 0. The molecule has 1 atom stereocenters. The van der Waals surface area contributed by atoms with Crippen molar-refractivity contribution in [3.05, 3.63) is 167 Å². The third-order valence-corrected chi connectivity index (χ3v) is 7.97. The predicted octanol–water partition coefficient (Wildman–Crippen LogP) is 8.02. The normalized spacial score (nSPS) is 11.7. The second-order valence-electron chi connectivity index (χ2n) is 10.2. The van der Waals surface area contributed by atoms with Crippen LogP contribution in [-0.4, -0.2) is 17.7 Å². The van der Waals surface area contributed by atoms with Crippen LogP contribution in [0.2, 0.25) is 0 Å². The fraction of sp³-hybridized carbons (Fsp3) is 0.0541. The van der Waals surface area contributed by atoms with E-state index in [9.17, 15) is 18.8 Å². The predicted molar refractivity (Wildman–Crippen MR) is 178 cm³/mol. The number of nitrogens with one attached hydrogen (secondary N) is 3. The largest absolute Gasteiger partial charge is 0.325 e. The van der Waals surface area contributed by atoms with Crippen LogP contribution in [0.5, 0.6) is 0 Å². The fourth-order valence-corrected chi connectivity index (χ4v) is 5.49. The lowest BCUT2D eigenvalue weighted by Gasteiger charge is -2.17. The van der Waals surface area contributed by atoms with E-state index in [1.807, 2.05) is 79.7 Å². The van der Waals surface area contributed by atoms with E-state index in [4.69, 9.17) is 0 Å². The molecule has 5 rings (SSSR count). The van der Waals surface area contributed by atoms with Gasteiger partial charge >= 0.3 is 0 Å². The molecule has 0 bridgehead atoms. The summed E-state index contributed by atoms with van der Waals surface area (Å²) in [6, 6.07) is 38.4. The van der Waals surface area contributed by atoms with Gasteiger partial charge in [0.05, 0.1) is 0 Å². The molecule has 0 spiro atoms. The van der Waals surface area contributed by atoms with Crippen LogP contribution in [-0.2, 0) is 9.59 Å². The Labute approximate surface area is 265 Å². The molecule has 0 saturated heterocycles. The van der Waals surface area contributed by atoms with Gasteiger partial charge in [0.25, 0.3) is 11.8 Å². The van der Waals surface area contributed by atoms with E-state index in [1.54, 1.807) is 42.5 Å². The maximum atomic E-state index is 13.4. The molecule has 1 unspecified atom stereocenters. The van der Waals surface area contributed by atoms with Gasteiger partial charge in [0.1, 0.15) is 16.8 Å². The third-order valence-electron chi connectivity index (χ3n) is 6.70. The number of rotatable bonds is 10. The minimum atomic E-state index is -0.589. The Bertz CT molecular complexity index is 1810. The van der Waals surface area contributed by atoms with Crippen LogP contribution >= 0.6 is 11.8 Å². The average molecular weight is 616 g/mol. The van der Waals surface area contributed by atoms with Crippen LogP contribution < -0.4 is 16.0 Å². The van der Waals surface area contributed by atoms with Crippen molar-refractivity contribution >= 4 is 46.9 Å². The zero-order valence-electron chi connectivity index (χ0n) is 24.4. The van der Waals surface area contributed by atoms with Gasteiger partial charge < -0.3 is 16.0 Å². The molecule has 224 valence electrons. The topological polar surface area (TPSA) is 87.3 Å². The van der Waals surface area contributed by atoms with Crippen LogP contribution in [0.1, 0.15) is 32.3 Å². The number of benzene rings is 5. The highest BCUT2D eigenvalue weighted by atomic mass is 32.2. The van der Waals surface area contributed by atoms with E-state index in [0.717, 1.165) is 21.6 Å². The second kappa shape index (κ2) is 14.8. The molecular weight excluding hydrogens is 585 g/mol. The Morgan fingerprint density at radius 2 is 1.33 bits per heavy atom. The Morgan fingerprint density at radius 3 is 2.00 bits per heavy atom. The summed E-state index contributed by atoms with van der Waals surface area (Å²) < 4.78 is 13.4. The minimum absolute atomic E-state index is 0.0921. The van der Waals surface area contributed by atoms with E-state index in [0.29, 0.717) is 16.9 Å². The summed E-state index contributed by atoms with van der Waals surface area (Å²) in [5.74, 6) is -1.52. The quantitative estimate of drug-likeness (QED) is 0.110. The molecule has 0 aromatic heterocycles. The van der Waals surface area contributed by atoms with Crippen LogP contribution in [0.3, 0.4) is 0 Å². The van der Waals surface area contributed by atoms with Crippen LogP contribution in [0.15, 0.2) is 144 Å². The molecule has 0 aliphatic heterocycles. The van der Waals surface area contributed by atoms with E-state index in [2.05, 4.69) is 16.0 Å². The van der Waals surface area contributed by atoms with Gasteiger partial charge in [-0.25, -0.2) is 4.39 Å². The highest BCUT2D eigenvalue weighted by Crippen LogP contribution is 2.36. The lowest BCUT2D eigenvalue weighted by Crippen LogP contribution is -2.30. The van der Waals surface area contributed by atoms with Crippen molar-refractivity contribution in [2.45, 2.75) is 17.1 Å². The van der Waals surface area contributed by atoms with E-state index >= 15 is 0 Å². The van der Waals surface area contributed by atoms with Gasteiger partial charge in [0.2, 0.25) is 5.91 Å². The molecule has 3 N–H and O–H groups in total. The number of hydrogen-bond donors (Lipinski definition) is 3. The van der Waals surface area contributed by atoms with Gasteiger partial charge in [-0.05, 0) is 84.8 Å². The van der Waals surface area contributed by atoms with Crippen molar-refractivity contribution in [2.24, 2.45) is 0 Å². The Balaban J connectivity index is 1.32. The van der Waals surface area contributed by atoms with Crippen LogP contribution in [0.25, 0.3) is 6.08 Å². The van der Waals surface area contributed by atoms with Gasteiger partial charge in [0.15, 0.2) is 0 Å². The summed E-state index contributed by atoms with van der Waals surface area (Å²) in [6.07, 6.45) is 1.64. The summed E-state index contributed by atoms with van der Waals surface area (Å²) in [6.45, 7) is 1.95. The maximum Gasteiger partial charge on any atom is 0.272 e. The second-order valence-corrected chi connectivity index (χ2v) is 11.4. The van der Waals surface area contributed by atoms with Crippen molar-refractivity contribution in [2.75, 3.05) is 10.6 Å². The molecule has 5 aromatic rings. The summed E-state index contributed by atoms with van der Waals surface area (Å²) in [5, 5.41) is 7.89. The lowest BCUT2D eigenvalue weighted by molar-refractivity contribution is -0.116. The smallest absolute Gasteiger partial charge is 0.272 e. The van der Waals surface area contributed by atoms with Crippen LogP contribution in [0.4, 0.5) is 15.8 Å². The summed E-state index contributed by atoms with van der Waals surface area (Å²) >= 11 is 1.35. The number of aryl methyl sites for hydroxylation is 1. The van der Waals surface area contributed by atoms with Gasteiger partial charge in [-0.15, -0.1) is 11.8 Å². The number of thioether (sulfide) groups is 1. The minimum Gasteiger partial charge on any atom is -0.325 e. The summed E-state index contributed by atoms with van der Waals surface area (Å²) in [4.78, 5) is 40.5. The Kier molecular flexibility index (Phi) is 10.2. The first-order chi connectivity index (χ1) is 21.8. The molecule has 0 radical (unpaired) electrons. The Morgan fingerprint density at radius 1 is 0.711 bits per heavy atom. The van der Waals surface area contributed by atoms with E-state index in [-0.39, 0.29) is 17.4 Å². The van der Waals surface area contributed by atoms with E-state index in [1.165, 1.54) is 36.0 Å². The first-order valence-corrected chi connectivity index (χ1v) is 15.1. The zero-order chi connectivity index (χ0) is 31.6. The first kappa shape index (κ1) is 31.0. The van der Waals surface area contributed by atoms with Gasteiger partial charge in [-0.2, -0.15) is 0 Å². The van der Waals surface area contributed by atoms with Crippen molar-refractivity contribution < 1.29 is 18.8 Å². The Hall–Kier alpha value is -5.47. The summed E-state index contributed by atoms with van der Waals surface area (Å²) in [5.41, 5.74) is 4.12. The molecular formula is C37H30FN3O3S. The number of amides is 3. The third kappa shape index (κ3) is 8.78. The first-order valence-electron chi connectivity index (χ1n) is 14.2. The van der Waals surface area contributed by atoms with Crippen molar-refractivity contribution in [3.63, 3.8) is 0 Å². The van der Waals surface area contributed by atoms with Crippen molar-refractivity contribution in [1.29, 1.82) is 0 Å². The number of carbonyl (C=O) groups excluding carboxylic acids is 3. The standard InChI is InChI=1S/C37H30FN3O3S/c1-25-9-8-10-26(23-25)24-33(41-35(42)28-13-6-3-7-14-28)36(43)39-31-19-21-32(22-20-31)45-34(27-11-4-2-5-12-27)37(44)40-30-17-15-29(38)16-18-30/h2-24,34H,1H3,(H,39,43)(H,40,44)(H,41,42)/b33-24-. The molecule has 0 fully saturated rings. The van der Waals surface area contributed by atoms with Gasteiger partial charge in [0, 0.05) is 21.8 Å². The van der Waals surface area contributed by atoms with Crippen LogP contribution in [0, 0.1) is 12.7 Å². The number of halogens is 1.